The van der Waals surface area contributed by atoms with Gasteiger partial charge in [0.1, 0.15) is 0 Å². The lowest BCUT2D eigenvalue weighted by Crippen LogP contribution is -2.44. The van der Waals surface area contributed by atoms with Crippen LogP contribution < -0.4 is 0 Å². The van der Waals surface area contributed by atoms with Gasteiger partial charge >= 0.3 is 0 Å². The summed E-state index contributed by atoms with van der Waals surface area (Å²) in [6.45, 7) is 6.52. The van der Waals surface area contributed by atoms with E-state index in [1.54, 1.807) is 0 Å². The molecule has 0 radical (unpaired) electrons. The molecular formula is C23H27N5O. The number of nitrogens with zero attached hydrogens (tertiary/aromatic N) is 5. The fraction of sp³-hybridized carbons (Fsp3) is 0.435. The number of fused-ring (bicyclic) bond motifs is 3. The van der Waals surface area contributed by atoms with Gasteiger partial charge in [-0.25, -0.2) is 0 Å². The van der Waals surface area contributed by atoms with E-state index in [2.05, 4.69) is 46.0 Å². The molecule has 1 aliphatic heterocycles. The van der Waals surface area contributed by atoms with Gasteiger partial charge in [-0.15, -0.1) is 0 Å². The molecule has 3 aromatic rings. The Morgan fingerprint density at radius 1 is 1.28 bits per heavy atom. The fourth-order valence-electron chi connectivity index (χ4n) is 4.71. The smallest absolute Gasteiger partial charge is 0.224 e. The summed E-state index contributed by atoms with van der Waals surface area (Å²) in [5.74, 6) is 0.746. The molecule has 1 amide bonds. The SMILES string of the molecule is Cc1ccn(CCC(=O)N2CC[C@@H](C)[C@@H](n3ccc4cnc5c(c43)C=CC5)C2)n1. The monoisotopic (exact) mass is 389 g/mol. The molecule has 3 aromatic heterocycles. The van der Waals surface area contributed by atoms with Crippen molar-refractivity contribution >= 4 is 22.9 Å². The number of aryl methyl sites for hydroxylation is 2. The maximum absolute atomic E-state index is 12.9. The number of carbonyl (C=O) groups excluding carboxylic acids is 1. The first kappa shape index (κ1) is 18.2. The Hall–Kier alpha value is -2.89. The van der Waals surface area contributed by atoms with Gasteiger partial charge in [-0.2, -0.15) is 5.10 Å². The molecule has 1 aliphatic carbocycles. The van der Waals surface area contributed by atoms with Gasteiger partial charge in [-0.3, -0.25) is 14.5 Å². The Morgan fingerprint density at radius 3 is 3.00 bits per heavy atom. The molecule has 6 nitrogen and oxygen atoms in total. The van der Waals surface area contributed by atoms with Gasteiger partial charge in [-0.1, -0.05) is 19.1 Å². The van der Waals surface area contributed by atoms with Crippen molar-refractivity contribution < 1.29 is 4.79 Å². The molecule has 6 heteroatoms. The summed E-state index contributed by atoms with van der Waals surface area (Å²) in [5.41, 5.74) is 4.65. The minimum Gasteiger partial charge on any atom is -0.342 e. The molecule has 0 spiro atoms. The summed E-state index contributed by atoms with van der Waals surface area (Å²) < 4.78 is 4.26. The number of allylic oxidation sites excluding steroid dienone is 1. The Labute approximate surface area is 170 Å². The topological polar surface area (TPSA) is 56.0 Å². The predicted molar refractivity (Wildman–Crippen MR) is 113 cm³/mol. The van der Waals surface area contributed by atoms with E-state index < -0.39 is 0 Å². The highest BCUT2D eigenvalue weighted by molar-refractivity contribution is 5.90. The second-order valence-electron chi connectivity index (χ2n) is 8.40. The third-order valence-corrected chi connectivity index (χ3v) is 6.42. The third-order valence-electron chi connectivity index (χ3n) is 6.42. The summed E-state index contributed by atoms with van der Waals surface area (Å²) in [6.07, 6.45) is 12.9. The highest BCUT2D eigenvalue weighted by Gasteiger charge is 2.31. The molecule has 2 aliphatic rings. The maximum atomic E-state index is 12.9. The van der Waals surface area contributed by atoms with Crippen molar-refractivity contribution in [1.82, 2.24) is 24.2 Å². The van der Waals surface area contributed by atoms with Crippen LogP contribution in [0.1, 0.15) is 42.8 Å². The van der Waals surface area contributed by atoms with E-state index in [9.17, 15) is 4.79 Å². The Balaban J connectivity index is 1.37. The zero-order valence-electron chi connectivity index (χ0n) is 17.1. The zero-order chi connectivity index (χ0) is 20.0. The van der Waals surface area contributed by atoms with Crippen molar-refractivity contribution in [2.75, 3.05) is 13.1 Å². The lowest BCUT2D eigenvalue weighted by molar-refractivity contribution is -0.133. The minimum absolute atomic E-state index is 0.221. The Kier molecular flexibility index (Phi) is 4.49. The van der Waals surface area contributed by atoms with Crippen molar-refractivity contribution in [2.45, 2.75) is 45.7 Å². The normalized spacial score (nSPS) is 21.1. The molecule has 150 valence electrons. The van der Waals surface area contributed by atoms with Gasteiger partial charge in [0.25, 0.3) is 0 Å². The summed E-state index contributed by atoms with van der Waals surface area (Å²) in [5, 5.41) is 5.57. The molecule has 1 saturated heterocycles. The number of pyridine rings is 1. The van der Waals surface area contributed by atoms with E-state index >= 15 is 0 Å². The highest BCUT2D eigenvalue weighted by atomic mass is 16.2. The van der Waals surface area contributed by atoms with Crippen LogP contribution in [0.15, 0.2) is 36.8 Å². The van der Waals surface area contributed by atoms with Crippen LogP contribution in [-0.2, 0) is 17.8 Å². The van der Waals surface area contributed by atoms with Crippen LogP contribution in [-0.4, -0.2) is 43.2 Å². The quantitative estimate of drug-likeness (QED) is 0.685. The van der Waals surface area contributed by atoms with E-state index in [-0.39, 0.29) is 11.9 Å². The number of aromatic nitrogens is 4. The largest absolute Gasteiger partial charge is 0.342 e. The standard InChI is InChI=1S/C23H27N5O/c1-16-6-10-26(22(29)9-12-27-11-7-17(2)25-27)15-21(16)28-13-8-18-14-24-20-5-3-4-19(20)23(18)28/h3-4,7-8,11,13-14,16,21H,5-6,9-10,12,15H2,1-2H3/t16-,21+/m1/s1. The molecule has 2 atom stereocenters. The van der Waals surface area contributed by atoms with Crippen molar-refractivity contribution in [2.24, 2.45) is 5.92 Å². The van der Waals surface area contributed by atoms with E-state index in [0.29, 0.717) is 18.9 Å². The van der Waals surface area contributed by atoms with Gasteiger partial charge in [0.15, 0.2) is 0 Å². The molecule has 0 saturated carbocycles. The van der Waals surface area contributed by atoms with Crippen LogP contribution in [0, 0.1) is 12.8 Å². The number of rotatable bonds is 4. The second-order valence-corrected chi connectivity index (χ2v) is 8.40. The summed E-state index contributed by atoms with van der Waals surface area (Å²) in [7, 11) is 0. The second kappa shape index (κ2) is 7.17. The summed E-state index contributed by atoms with van der Waals surface area (Å²) in [6, 6.07) is 4.42. The lowest BCUT2D eigenvalue weighted by atomic mass is 9.92. The molecule has 4 heterocycles. The number of hydrogen-bond donors (Lipinski definition) is 0. The van der Waals surface area contributed by atoms with Crippen molar-refractivity contribution in [3.63, 3.8) is 0 Å². The molecule has 0 aromatic carbocycles. The number of piperidine rings is 1. The van der Waals surface area contributed by atoms with Crippen LogP contribution in [0.2, 0.25) is 0 Å². The first-order valence-corrected chi connectivity index (χ1v) is 10.5. The molecule has 1 fully saturated rings. The van der Waals surface area contributed by atoms with Crippen LogP contribution in [0.4, 0.5) is 0 Å². The predicted octanol–water partition coefficient (Wildman–Crippen LogP) is 3.61. The van der Waals surface area contributed by atoms with E-state index in [1.807, 2.05) is 35.0 Å². The average molecular weight is 390 g/mol. The van der Waals surface area contributed by atoms with Crippen LogP contribution in [0.5, 0.6) is 0 Å². The van der Waals surface area contributed by atoms with E-state index in [4.69, 9.17) is 0 Å². The minimum atomic E-state index is 0.221. The molecular weight excluding hydrogens is 362 g/mol. The van der Waals surface area contributed by atoms with Crippen LogP contribution in [0.3, 0.4) is 0 Å². The highest BCUT2D eigenvalue weighted by Crippen LogP contribution is 2.35. The van der Waals surface area contributed by atoms with Crippen molar-refractivity contribution in [3.05, 3.63) is 53.8 Å². The van der Waals surface area contributed by atoms with Gasteiger partial charge in [0, 0.05) is 62.0 Å². The van der Waals surface area contributed by atoms with E-state index in [0.717, 1.165) is 37.3 Å². The number of likely N-dealkylation sites (tertiary alicyclic amines) is 1. The first-order valence-electron chi connectivity index (χ1n) is 10.5. The lowest BCUT2D eigenvalue weighted by Gasteiger charge is -2.38. The Morgan fingerprint density at radius 2 is 2.17 bits per heavy atom. The zero-order valence-corrected chi connectivity index (χ0v) is 17.1. The van der Waals surface area contributed by atoms with E-state index in [1.165, 1.54) is 16.5 Å². The van der Waals surface area contributed by atoms with Crippen molar-refractivity contribution in [3.8, 4) is 0 Å². The molecule has 29 heavy (non-hydrogen) atoms. The summed E-state index contributed by atoms with van der Waals surface area (Å²) >= 11 is 0. The van der Waals surface area contributed by atoms with Gasteiger partial charge < -0.3 is 9.47 Å². The van der Waals surface area contributed by atoms with Crippen LogP contribution in [0.25, 0.3) is 17.0 Å². The van der Waals surface area contributed by atoms with Crippen molar-refractivity contribution in [1.29, 1.82) is 0 Å². The third kappa shape index (κ3) is 3.26. The number of hydrogen-bond acceptors (Lipinski definition) is 3. The van der Waals surface area contributed by atoms with Gasteiger partial charge in [0.05, 0.1) is 22.9 Å². The first-order chi connectivity index (χ1) is 14.1. The van der Waals surface area contributed by atoms with Gasteiger partial charge in [-0.05, 0) is 31.4 Å². The van der Waals surface area contributed by atoms with Crippen LogP contribution >= 0.6 is 0 Å². The average Bonchev–Trinajstić information content (AvgIpc) is 3.45. The summed E-state index contributed by atoms with van der Waals surface area (Å²) in [4.78, 5) is 19.6. The molecule has 0 unspecified atom stereocenters. The fourth-order valence-corrected chi connectivity index (χ4v) is 4.71. The maximum Gasteiger partial charge on any atom is 0.224 e. The molecule has 5 rings (SSSR count). The Bertz CT molecular complexity index is 1090. The molecule has 0 bridgehead atoms. The number of carbonyl (C=O) groups is 1. The number of amides is 1. The molecule has 0 N–H and O–H groups in total. The van der Waals surface area contributed by atoms with Gasteiger partial charge in [0.2, 0.25) is 5.91 Å².